The Hall–Kier alpha value is -1.71. The Morgan fingerprint density at radius 3 is 2.18 bits per heavy atom. The van der Waals surface area contributed by atoms with Gasteiger partial charge in [-0.2, -0.15) is 0 Å². The number of carbonyl (C=O) groups excluding carboxylic acids is 1. The van der Waals surface area contributed by atoms with Gasteiger partial charge in [0, 0.05) is 24.2 Å². The fourth-order valence-corrected chi connectivity index (χ4v) is 1.76. The van der Waals surface area contributed by atoms with Gasteiger partial charge in [0.05, 0.1) is 0 Å². The Morgan fingerprint density at radius 2 is 1.76 bits per heavy atom. The molecule has 0 saturated heterocycles. The largest absolute Gasteiger partial charge is 0.508 e. The van der Waals surface area contributed by atoms with E-state index in [0.717, 1.165) is 6.42 Å². The molecule has 0 aromatic heterocycles. The Kier molecular flexibility index (Phi) is 4.37. The van der Waals surface area contributed by atoms with Gasteiger partial charge in [0.1, 0.15) is 11.5 Å². The maximum absolute atomic E-state index is 12.2. The Labute approximate surface area is 101 Å². The zero-order valence-electron chi connectivity index (χ0n) is 10.5. The van der Waals surface area contributed by atoms with Gasteiger partial charge in [-0.3, -0.25) is 4.79 Å². The van der Waals surface area contributed by atoms with Gasteiger partial charge >= 0.3 is 0 Å². The van der Waals surface area contributed by atoms with Gasteiger partial charge in [-0.15, -0.1) is 0 Å². The van der Waals surface area contributed by atoms with E-state index in [4.69, 9.17) is 0 Å². The molecule has 0 aliphatic heterocycles. The molecule has 1 atom stereocenters. The van der Waals surface area contributed by atoms with E-state index in [1.165, 1.54) is 18.2 Å². The first-order valence-corrected chi connectivity index (χ1v) is 5.83. The van der Waals surface area contributed by atoms with Crippen molar-refractivity contribution in [2.75, 3.05) is 6.54 Å². The second-order valence-electron chi connectivity index (χ2n) is 4.09. The quantitative estimate of drug-likeness (QED) is 0.845. The second kappa shape index (κ2) is 5.57. The van der Waals surface area contributed by atoms with Crippen LogP contribution in [-0.2, 0) is 0 Å². The number of phenolic OH excluding ortho intramolecular Hbond substituents is 2. The standard InChI is InChI=1S/C13H19NO3/c1-4-9(3)14(5-2)13(17)10-6-11(15)8-12(16)7-10/h6-9,15-16H,4-5H2,1-3H3. The van der Waals surface area contributed by atoms with Crippen molar-refractivity contribution in [2.45, 2.75) is 33.2 Å². The highest BCUT2D eigenvalue weighted by molar-refractivity contribution is 5.95. The first-order chi connectivity index (χ1) is 7.99. The van der Waals surface area contributed by atoms with Crippen molar-refractivity contribution in [3.63, 3.8) is 0 Å². The predicted molar refractivity (Wildman–Crippen MR) is 66.2 cm³/mol. The molecule has 2 N–H and O–H groups in total. The summed E-state index contributed by atoms with van der Waals surface area (Å²) in [6.07, 6.45) is 0.865. The van der Waals surface area contributed by atoms with E-state index in [1.807, 2.05) is 20.8 Å². The number of hydrogen-bond donors (Lipinski definition) is 2. The fourth-order valence-electron chi connectivity index (χ4n) is 1.76. The van der Waals surface area contributed by atoms with E-state index in [-0.39, 0.29) is 23.4 Å². The lowest BCUT2D eigenvalue weighted by Crippen LogP contribution is -2.38. The van der Waals surface area contributed by atoms with Crippen molar-refractivity contribution in [2.24, 2.45) is 0 Å². The molecule has 94 valence electrons. The minimum absolute atomic E-state index is 0.103. The van der Waals surface area contributed by atoms with E-state index in [2.05, 4.69) is 0 Å². The second-order valence-corrected chi connectivity index (χ2v) is 4.09. The summed E-state index contributed by atoms with van der Waals surface area (Å²) in [7, 11) is 0. The van der Waals surface area contributed by atoms with Gasteiger partial charge in [0.2, 0.25) is 0 Å². The van der Waals surface area contributed by atoms with Crippen LogP contribution in [0, 0.1) is 0 Å². The summed E-state index contributed by atoms with van der Waals surface area (Å²) < 4.78 is 0. The monoisotopic (exact) mass is 237 g/mol. The van der Waals surface area contributed by atoms with E-state index in [1.54, 1.807) is 4.90 Å². The molecule has 1 aromatic rings. The molecule has 0 heterocycles. The van der Waals surface area contributed by atoms with Crippen LogP contribution in [0.4, 0.5) is 0 Å². The number of aromatic hydroxyl groups is 2. The zero-order chi connectivity index (χ0) is 13.0. The van der Waals surface area contributed by atoms with Gasteiger partial charge in [-0.1, -0.05) is 6.92 Å². The minimum atomic E-state index is -0.173. The molecular formula is C13H19NO3. The van der Waals surface area contributed by atoms with Crippen LogP contribution in [0.25, 0.3) is 0 Å². The molecule has 1 unspecified atom stereocenters. The lowest BCUT2D eigenvalue weighted by Gasteiger charge is -2.27. The van der Waals surface area contributed by atoms with Crippen LogP contribution >= 0.6 is 0 Å². The van der Waals surface area contributed by atoms with Gasteiger partial charge in [-0.25, -0.2) is 0 Å². The molecular weight excluding hydrogens is 218 g/mol. The SMILES string of the molecule is CCC(C)N(CC)C(=O)c1cc(O)cc(O)c1. The summed E-state index contributed by atoms with van der Waals surface area (Å²) in [5.74, 6) is -0.379. The minimum Gasteiger partial charge on any atom is -0.508 e. The molecule has 1 rings (SSSR count). The molecule has 0 aliphatic carbocycles. The number of nitrogens with zero attached hydrogens (tertiary/aromatic N) is 1. The molecule has 4 heteroatoms. The molecule has 0 aliphatic rings. The average molecular weight is 237 g/mol. The summed E-state index contributed by atoms with van der Waals surface area (Å²) in [5, 5.41) is 18.7. The maximum Gasteiger partial charge on any atom is 0.254 e. The number of hydrogen-bond acceptors (Lipinski definition) is 3. The molecule has 0 saturated carbocycles. The summed E-state index contributed by atoms with van der Waals surface area (Å²) in [6.45, 7) is 6.50. The van der Waals surface area contributed by atoms with Crippen LogP contribution in [0.5, 0.6) is 11.5 Å². The summed E-state index contributed by atoms with van der Waals surface area (Å²) >= 11 is 0. The molecule has 4 nitrogen and oxygen atoms in total. The lowest BCUT2D eigenvalue weighted by molar-refractivity contribution is 0.0699. The highest BCUT2D eigenvalue weighted by Crippen LogP contribution is 2.22. The van der Waals surface area contributed by atoms with Gasteiger partial charge < -0.3 is 15.1 Å². The number of phenols is 2. The summed E-state index contributed by atoms with van der Waals surface area (Å²) in [6, 6.07) is 4.08. The average Bonchev–Trinajstić information content (AvgIpc) is 2.28. The van der Waals surface area contributed by atoms with Crippen LogP contribution < -0.4 is 0 Å². The Bertz CT molecular complexity index is 383. The third-order valence-electron chi connectivity index (χ3n) is 2.87. The summed E-state index contributed by atoms with van der Waals surface area (Å²) in [4.78, 5) is 13.9. The van der Waals surface area contributed by atoms with Crippen molar-refractivity contribution in [3.8, 4) is 11.5 Å². The van der Waals surface area contributed by atoms with E-state index >= 15 is 0 Å². The van der Waals surface area contributed by atoms with Crippen molar-refractivity contribution < 1.29 is 15.0 Å². The van der Waals surface area contributed by atoms with Crippen LogP contribution in [-0.4, -0.2) is 33.6 Å². The van der Waals surface area contributed by atoms with Crippen LogP contribution in [0.1, 0.15) is 37.6 Å². The van der Waals surface area contributed by atoms with Crippen molar-refractivity contribution in [1.29, 1.82) is 0 Å². The maximum atomic E-state index is 12.2. The van der Waals surface area contributed by atoms with Crippen LogP contribution in [0.15, 0.2) is 18.2 Å². The lowest BCUT2D eigenvalue weighted by atomic mass is 10.1. The van der Waals surface area contributed by atoms with Crippen molar-refractivity contribution >= 4 is 5.91 Å². The first kappa shape index (κ1) is 13.4. The molecule has 0 bridgehead atoms. The van der Waals surface area contributed by atoms with E-state index in [9.17, 15) is 15.0 Å². The molecule has 1 aromatic carbocycles. The molecule has 0 radical (unpaired) electrons. The number of amides is 1. The normalized spacial score (nSPS) is 12.2. The van der Waals surface area contributed by atoms with E-state index < -0.39 is 0 Å². The predicted octanol–water partition coefficient (Wildman–Crippen LogP) is 2.36. The van der Waals surface area contributed by atoms with Crippen molar-refractivity contribution in [1.82, 2.24) is 4.90 Å². The molecule has 0 fully saturated rings. The number of carbonyl (C=O) groups is 1. The molecule has 0 spiro atoms. The third kappa shape index (κ3) is 3.12. The van der Waals surface area contributed by atoms with Crippen LogP contribution in [0.3, 0.4) is 0 Å². The highest BCUT2D eigenvalue weighted by atomic mass is 16.3. The Morgan fingerprint density at radius 1 is 1.24 bits per heavy atom. The number of benzene rings is 1. The van der Waals surface area contributed by atoms with Crippen LogP contribution in [0.2, 0.25) is 0 Å². The topological polar surface area (TPSA) is 60.8 Å². The van der Waals surface area contributed by atoms with Crippen molar-refractivity contribution in [3.05, 3.63) is 23.8 Å². The molecule has 1 amide bonds. The smallest absolute Gasteiger partial charge is 0.254 e. The fraction of sp³-hybridized carbons (Fsp3) is 0.462. The number of rotatable bonds is 4. The van der Waals surface area contributed by atoms with Gasteiger partial charge in [0.25, 0.3) is 5.91 Å². The zero-order valence-corrected chi connectivity index (χ0v) is 10.5. The highest BCUT2D eigenvalue weighted by Gasteiger charge is 2.19. The van der Waals surface area contributed by atoms with Gasteiger partial charge in [-0.05, 0) is 32.4 Å². The first-order valence-electron chi connectivity index (χ1n) is 5.83. The Balaban J connectivity index is 3.01. The van der Waals surface area contributed by atoms with E-state index in [0.29, 0.717) is 12.1 Å². The molecule has 17 heavy (non-hydrogen) atoms. The third-order valence-corrected chi connectivity index (χ3v) is 2.87. The van der Waals surface area contributed by atoms with Gasteiger partial charge in [0.15, 0.2) is 0 Å². The summed E-state index contributed by atoms with van der Waals surface area (Å²) in [5.41, 5.74) is 0.310.